The number of nitrogens with zero attached hydrogens (tertiary/aromatic N) is 2. The molecule has 0 aliphatic heterocycles. The molecular formula is C16H10FN3O5. The normalized spacial score (nSPS) is 11.1. The molecule has 2 N–H and O–H groups in total. The van der Waals surface area contributed by atoms with Crippen molar-refractivity contribution in [2.75, 3.05) is 0 Å². The van der Waals surface area contributed by atoms with Gasteiger partial charge in [-0.05, 0) is 48.6 Å². The van der Waals surface area contributed by atoms with E-state index >= 15 is 0 Å². The molecule has 3 aromatic rings. The molecule has 0 bridgehead atoms. The molecule has 0 aliphatic rings. The highest BCUT2D eigenvalue weighted by Crippen LogP contribution is 2.23. The SMILES string of the molecule is O=c1[nH]c(C=Cc2ccc(-c3ccc(F)cc3)o2)nc(O)c1[N+](=O)[O-]. The number of aromatic nitrogens is 2. The fraction of sp³-hybridized carbons (Fsp3) is 0. The van der Waals surface area contributed by atoms with Crippen LogP contribution in [-0.2, 0) is 0 Å². The van der Waals surface area contributed by atoms with Gasteiger partial charge < -0.3 is 14.5 Å². The molecule has 0 spiro atoms. The van der Waals surface area contributed by atoms with E-state index in [1.54, 1.807) is 24.3 Å². The van der Waals surface area contributed by atoms with Crippen LogP contribution in [0.2, 0.25) is 0 Å². The lowest BCUT2D eigenvalue weighted by molar-refractivity contribution is -0.387. The molecule has 0 saturated heterocycles. The maximum absolute atomic E-state index is 12.9. The summed E-state index contributed by atoms with van der Waals surface area (Å²) in [6.45, 7) is 0. The Labute approximate surface area is 139 Å². The quantitative estimate of drug-likeness (QED) is 0.555. The zero-order chi connectivity index (χ0) is 18.0. The van der Waals surface area contributed by atoms with Gasteiger partial charge in [0.1, 0.15) is 23.2 Å². The summed E-state index contributed by atoms with van der Waals surface area (Å²) in [5.74, 6) is -0.497. The van der Waals surface area contributed by atoms with Crippen LogP contribution in [0.5, 0.6) is 5.88 Å². The van der Waals surface area contributed by atoms with Crippen LogP contribution in [0.25, 0.3) is 23.5 Å². The number of halogens is 1. The first-order valence-corrected chi connectivity index (χ1v) is 6.95. The third kappa shape index (κ3) is 3.44. The second-order valence-electron chi connectivity index (χ2n) is 4.92. The fourth-order valence-electron chi connectivity index (χ4n) is 2.09. The van der Waals surface area contributed by atoms with Gasteiger partial charge in [0.2, 0.25) is 0 Å². The second kappa shape index (κ2) is 6.40. The van der Waals surface area contributed by atoms with E-state index in [9.17, 15) is 24.4 Å². The van der Waals surface area contributed by atoms with Gasteiger partial charge in [-0.2, -0.15) is 4.98 Å². The van der Waals surface area contributed by atoms with Crippen molar-refractivity contribution < 1.29 is 18.8 Å². The largest absolute Gasteiger partial charge is 0.488 e. The van der Waals surface area contributed by atoms with Crippen LogP contribution in [-0.4, -0.2) is 20.0 Å². The van der Waals surface area contributed by atoms with Gasteiger partial charge >= 0.3 is 11.2 Å². The number of rotatable bonds is 4. The van der Waals surface area contributed by atoms with E-state index < -0.39 is 22.0 Å². The molecule has 3 rings (SSSR count). The number of hydrogen-bond acceptors (Lipinski definition) is 6. The predicted octanol–water partition coefficient (Wildman–Crippen LogP) is 2.95. The van der Waals surface area contributed by atoms with Crippen LogP contribution >= 0.6 is 0 Å². The van der Waals surface area contributed by atoms with Gasteiger partial charge in [0, 0.05) is 5.56 Å². The molecular weight excluding hydrogens is 333 g/mol. The van der Waals surface area contributed by atoms with Crippen molar-refractivity contribution in [3.05, 3.63) is 74.3 Å². The van der Waals surface area contributed by atoms with Crippen LogP contribution in [0.4, 0.5) is 10.1 Å². The molecule has 2 heterocycles. The molecule has 25 heavy (non-hydrogen) atoms. The Balaban J connectivity index is 1.85. The number of aromatic amines is 1. The Morgan fingerprint density at radius 1 is 1.20 bits per heavy atom. The molecule has 0 atom stereocenters. The molecule has 8 nitrogen and oxygen atoms in total. The minimum atomic E-state index is -1.07. The van der Waals surface area contributed by atoms with Crippen molar-refractivity contribution in [2.24, 2.45) is 0 Å². The maximum atomic E-state index is 12.9. The Morgan fingerprint density at radius 2 is 1.92 bits per heavy atom. The monoisotopic (exact) mass is 343 g/mol. The molecule has 126 valence electrons. The standard InChI is InChI=1S/C16H10FN3O5/c17-10-3-1-9(2-4-10)12-7-5-11(25-12)6-8-13-18-15(21)14(20(23)24)16(22)19-13/h1-8H,(H2,18,19,21,22). The molecule has 0 amide bonds. The summed E-state index contributed by atoms with van der Waals surface area (Å²) >= 11 is 0. The van der Waals surface area contributed by atoms with Crippen molar-refractivity contribution in [1.82, 2.24) is 9.97 Å². The lowest BCUT2D eigenvalue weighted by Crippen LogP contribution is -2.14. The molecule has 0 radical (unpaired) electrons. The number of nitrogens with one attached hydrogen (secondary N) is 1. The number of hydrogen-bond donors (Lipinski definition) is 2. The summed E-state index contributed by atoms with van der Waals surface area (Å²) in [7, 11) is 0. The second-order valence-corrected chi connectivity index (χ2v) is 4.92. The van der Waals surface area contributed by atoms with E-state index in [4.69, 9.17) is 4.42 Å². The highest BCUT2D eigenvalue weighted by Gasteiger charge is 2.21. The predicted molar refractivity (Wildman–Crippen MR) is 86.2 cm³/mol. The molecule has 1 aromatic carbocycles. The molecule has 0 unspecified atom stereocenters. The first kappa shape index (κ1) is 16.1. The summed E-state index contributed by atoms with van der Waals surface area (Å²) in [6, 6.07) is 9.06. The summed E-state index contributed by atoms with van der Waals surface area (Å²) < 4.78 is 18.5. The third-order valence-corrected chi connectivity index (χ3v) is 3.24. The minimum Gasteiger partial charge on any atom is -0.488 e. The Hall–Kier alpha value is -3.75. The first-order valence-electron chi connectivity index (χ1n) is 6.95. The number of nitro groups is 1. The summed E-state index contributed by atoms with van der Waals surface area (Å²) in [6.07, 6.45) is 2.77. The lowest BCUT2D eigenvalue weighted by Gasteiger charge is -1.97. The number of benzene rings is 1. The van der Waals surface area contributed by atoms with Crippen molar-refractivity contribution in [3.63, 3.8) is 0 Å². The first-order chi connectivity index (χ1) is 11.9. The van der Waals surface area contributed by atoms with E-state index in [-0.39, 0.29) is 11.6 Å². The highest BCUT2D eigenvalue weighted by atomic mass is 19.1. The van der Waals surface area contributed by atoms with Gasteiger partial charge in [0.25, 0.3) is 5.88 Å². The average molecular weight is 343 g/mol. The Kier molecular flexibility index (Phi) is 4.12. The molecule has 9 heteroatoms. The van der Waals surface area contributed by atoms with Crippen molar-refractivity contribution in [2.45, 2.75) is 0 Å². The number of aromatic hydroxyl groups is 1. The van der Waals surface area contributed by atoms with Gasteiger partial charge in [-0.15, -0.1) is 0 Å². The average Bonchev–Trinajstić information content (AvgIpc) is 3.01. The van der Waals surface area contributed by atoms with E-state index in [1.807, 2.05) is 0 Å². The number of H-pyrrole nitrogens is 1. The van der Waals surface area contributed by atoms with E-state index in [0.29, 0.717) is 17.1 Å². The van der Waals surface area contributed by atoms with Crippen molar-refractivity contribution >= 4 is 17.8 Å². The van der Waals surface area contributed by atoms with Crippen LogP contribution in [0.1, 0.15) is 11.6 Å². The molecule has 0 aliphatic carbocycles. The highest BCUT2D eigenvalue weighted by molar-refractivity contribution is 5.67. The molecule has 2 aromatic heterocycles. The third-order valence-electron chi connectivity index (χ3n) is 3.24. The summed E-state index contributed by atoms with van der Waals surface area (Å²) in [4.78, 5) is 26.9. The van der Waals surface area contributed by atoms with Crippen molar-refractivity contribution in [3.8, 4) is 17.2 Å². The summed E-state index contributed by atoms with van der Waals surface area (Å²) in [5.41, 5.74) is -1.40. The molecule has 0 fully saturated rings. The Morgan fingerprint density at radius 3 is 2.56 bits per heavy atom. The van der Waals surface area contributed by atoms with Gasteiger partial charge in [0.15, 0.2) is 0 Å². The van der Waals surface area contributed by atoms with Gasteiger partial charge in [0.05, 0.1) is 4.92 Å². The maximum Gasteiger partial charge on any atom is 0.395 e. The minimum absolute atomic E-state index is 0.0761. The van der Waals surface area contributed by atoms with E-state index in [1.165, 1.54) is 24.3 Å². The zero-order valence-corrected chi connectivity index (χ0v) is 12.5. The van der Waals surface area contributed by atoms with Gasteiger partial charge in [-0.1, -0.05) is 0 Å². The van der Waals surface area contributed by atoms with Crippen LogP contribution in [0.3, 0.4) is 0 Å². The topological polar surface area (TPSA) is 122 Å². The molecule has 0 saturated carbocycles. The van der Waals surface area contributed by atoms with Gasteiger partial charge in [-0.3, -0.25) is 14.9 Å². The van der Waals surface area contributed by atoms with Crippen molar-refractivity contribution in [1.29, 1.82) is 0 Å². The fourth-order valence-corrected chi connectivity index (χ4v) is 2.09. The van der Waals surface area contributed by atoms with Crippen LogP contribution in [0.15, 0.2) is 45.6 Å². The number of furan rings is 1. The summed E-state index contributed by atoms with van der Waals surface area (Å²) in [5, 5.41) is 20.1. The Bertz CT molecular complexity index is 1020. The van der Waals surface area contributed by atoms with Crippen LogP contribution in [0, 0.1) is 15.9 Å². The smallest absolute Gasteiger partial charge is 0.395 e. The van der Waals surface area contributed by atoms with Gasteiger partial charge in [-0.25, -0.2) is 4.39 Å². The van der Waals surface area contributed by atoms with Crippen LogP contribution < -0.4 is 5.56 Å². The zero-order valence-electron chi connectivity index (χ0n) is 12.5. The van der Waals surface area contributed by atoms with E-state index in [0.717, 1.165) is 0 Å². The lowest BCUT2D eigenvalue weighted by atomic mass is 10.2. The van der Waals surface area contributed by atoms with E-state index in [2.05, 4.69) is 9.97 Å².